The van der Waals surface area contributed by atoms with Crippen LogP contribution in [-0.2, 0) is 0 Å². The molecule has 7 heteroatoms. The Hall–Kier alpha value is -2.02. The lowest BCUT2D eigenvalue weighted by atomic mass is 9.94. The number of halogens is 1. The first-order valence-corrected chi connectivity index (χ1v) is 7.36. The zero-order chi connectivity index (χ0) is 16.2. The van der Waals surface area contributed by atoms with Gasteiger partial charge in [-0.25, -0.2) is 4.39 Å². The molecule has 1 fully saturated rings. The van der Waals surface area contributed by atoms with Crippen molar-refractivity contribution in [2.45, 2.75) is 44.1 Å². The summed E-state index contributed by atoms with van der Waals surface area (Å²) in [6, 6.07) is 2.88. The predicted octanol–water partition coefficient (Wildman–Crippen LogP) is 2.55. The summed E-state index contributed by atoms with van der Waals surface area (Å²) in [4.78, 5) is 21.8. The van der Waals surface area contributed by atoms with Gasteiger partial charge in [0.1, 0.15) is 5.82 Å². The number of aliphatic hydroxyl groups is 1. The summed E-state index contributed by atoms with van der Waals surface area (Å²) in [5.74, 6) is -1.62. The highest BCUT2D eigenvalue weighted by Crippen LogP contribution is 2.26. The van der Waals surface area contributed by atoms with Gasteiger partial charge >= 0.3 is 0 Å². The molecule has 0 radical (unpaired) electrons. The van der Waals surface area contributed by atoms with E-state index < -0.39 is 27.9 Å². The van der Waals surface area contributed by atoms with Crippen LogP contribution in [0.15, 0.2) is 18.2 Å². The van der Waals surface area contributed by atoms with E-state index in [9.17, 15) is 24.4 Å². The van der Waals surface area contributed by atoms with Gasteiger partial charge in [0.2, 0.25) is 0 Å². The normalized spacial score (nSPS) is 17.5. The standard InChI is InChI=1S/C15H19FN2O4/c16-13-9-11(18(21)22)5-6-12(13)14(19)17-10-15(20)7-3-1-2-4-8-15/h5-6,9,20H,1-4,7-8,10H2,(H,17,19). The number of carbonyl (C=O) groups excluding carboxylic acids is 1. The smallest absolute Gasteiger partial charge is 0.272 e. The van der Waals surface area contributed by atoms with Gasteiger partial charge in [-0.3, -0.25) is 14.9 Å². The van der Waals surface area contributed by atoms with Crippen molar-refractivity contribution in [3.05, 3.63) is 39.7 Å². The van der Waals surface area contributed by atoms with Crippen LogP contribution >= 0.6 is 0 Å². The van der Waals surface area contributed by atoms with Crippen LogP contribution in [-0.4, -0.2) is 28.1 Å². The number of non-ortho nitro benzene ring substituents is 1. The minimum absolute atomic E-state index is 0.0578. The van der Waals surface area contributed by atoms with Crippen LogP contribution in [0.1, 0.15) is 48.9 Å². The number of benzene rings is 1. The molecule has 0 unspecified atom stereocenters. The third kappa shape index (κ3) is 4.00. The van der Waals surface area contributed by atoms with Crippen molar-refractivity contribution in [3.63, 3.8) is 0 Å². The third-order valence-electron chi connectivity index (χ3n) is 4.02. The molecule has 1 aromatic rings. The highest BCUT2D eigenvalue weighted by atomic mass is 19.1. The zero-order valence-corrected chi connectivity index (χ0v) is 12.2. The molecule has 1 amide bonds. The Morgan fingerprint density at radius 1 is 1.32 bits per heavy atom. The average Bonchev–Trinajstić information content (AvgIpc) is 2.70. The van der Waals surface area contributed by atoms with Gasteiger partial charge in [-0.1, -0.05) is 25.7 Å². The molecule has 0 atom stereocenters. The lowest BCUT2D eigenvalue weighted by molar-refractivity contribution is -0.385. The van der Waals surface area contributed by atoms with E-state index in [2.05, 4.69) is 5.32 Å². The maximum Gasteiger partial charge on any atom is 0.272 e. The number of nitro groups is 1. The van der Waals surface area contributed by atoms with E-state index >= 15 is 0 Å². The number of carbonyl (C=O) groups is 1. The van der Waals surface area contributed by atoms with E-state index in [4.69, 9.17) is 0 Å². The van der Waals surface area contributed by atoms with Gasteiger partial charge in [0, 0.05) is 12.6 Å². The van der Waals surface area contributed by atoms with Crippen LogP contribution in [0.3, 0.4) is 0 Å². The molecule has 1 aromatic carbocycles. The Balaban J connectivity index is 2.01. The summed E-state index contributed by atoms with van der Waals surface area (Å²) in [5, 5.41) is 23.5. The average molecular weight is 310 g/mol. The molecular formula is C15H19FN2O4. The first-order valence-electron chi connectivity index (χ1n) is 7.36. The molecule has 2 N–H and O–H groups in total. The molecule has 0 spiro atoms. The Bertz CT molecular complexity index is 569. The van der Waals surface area contributed by atoms with Crippen molar-refractivity contribution >= 4 is 11.6 Å². The van der Waals surface area contributed by atoms with E-state index in [0.29, 0.717) is 12.8 Å². The van der Waals surface area contributed by atoms with Crippen LogP contribution < -0.4 is 5.32 Å². The number of nitro benzene ring substituents is 1. The maximum absolute atomic E-state index is 13.8. The molecule has 1 saturated carbocycles. The minimum Gasteiger partial charge on any atom is -0.388 e. The Morgan fingerprint density at radius 2 is 1.95 bits per heavy atom. The van der Waals surface area contributed by atoms with Crippen LogP contribution in [0.4, 0.5) is 10.1 Å². The van der Waals surface area contributed by atoms with Gasteiger partial charge in [0.15, 0.2) is 0 Å². The van der Waals surface area contributed by atoms with E-state index in [1.807, 2.05) is 0 Å². The molecule has 0 saturated heterocycles. The van der Waals surface area contributed by atoms with Gasteiger partial charge in [-0.2, -0.15) is 0 Å². The highest BCUT2D eigenvalue weighted by molar-refractivity contribution is 5.94. The largest absolute Gasteiger partial charge is 0.388 e. The van der Waals surface area contributed by atoms with Gasteiger partial charge in [0.05, 0.1) is 22.2 Å². The molecule has 120 valence electrons. The number of nitrogens with one attached hydrogen (secondary N) is 1. The fourth-order valence-corrected chi connectivity index (χ4v) is 2.71. The summed E-state index contributed by atoms with van der Waals surface area (Å²) < 4.78 is 13.8. The molecule has 2 rings (SSSR count). The fourth-order valence-electron chi connectivity index (χ4n) is 2.71. The second-order valence-corrected chi connectivity index (χ2v) is 5.74. The molecule has 0 aliphatic heterocycles. The molecule has 6 nitrogen and oxygen atoms in total. The molecule has 22 heavy (non-hydrogen) atoms. The molecule has 1 aliphatic carbocycles. The van der Waals surface area contributed by atoms with E-state index in [1.54, 1.807) is 0 Å². The monoisotopic (exact) mass is 310 g/mol. The molecule has 1 aliphatic rings. The zero-order valence-electron chi connectivity index (χ0n) is 12.2. The fraction of sp³-hybridized carbons (Fsp3) is 0.533. The van der Waals surface area contributed by atoms with Crippen molar-refractivity contribution in [2.24, 2.45) is 0 Å². The highest BCUT2D eigenvalue weighted by Gasteiger charge is 2.29. The second kappa shape index (κ2) is 6.83. The van der Waals surface area contributed by atoms with Crippen LogP contribution in [0.2, 0.25) is 0 Å². The number of hydrogen-bond acceptors (Lipinski definition) is 4. The van der Waals surface area contributed by atoms with Crippen molar-refractivity contribution in [2.75, 3.05) is 6.54 Å². The topological polar surface area (TPSA) is 92.5 Å². The van der Waals surface area contributed by atoms with Crippen molar-refractivity contribution < 1.29 is 19.2 Å². The molecule has 0 bridgehead atoms. The van der Waals surface area contributed by atoms with Crippen molar-refractivity contribution in [1.82, 2.24) is 5.32 Å². The van der Waals surface area contributed by atoms with Crippen molar-refractivity contribution in [3.8, 4) is 0 Å². The van der Waals surface area contributed by atoms with E-state index in [1.165, 1.54) is 0 Å². The van der Waals surface area contributed by atoms with Gasteiger partial charge in [0.25, 0.3) is 11.6 Å². The SMILES string of the molecule is O=C(NCC1(O)CCCCCC1)c1ccc([N+](=O)[O-])cc1F. The van der Waals surface area contributed by atoms with E-state index in [0.717, 1.165) is 43.9 Å². The van der Waals surface area contributed by atoms with Crippen molar-refractivity contribution in [1.29, 1.82) is 0 Å². The molecular weight excluding hydrogens is 291 g/mol. The van der Waals surface area contributed by atoms with Crippen LogP contribution in [0.25, 0.3) is 0 Å². The second-order valence-electron chi connectivity index (χ2n) is 5.74. The lowest BCUT2D eigenvalue weighted by Crippen LogP contribution is -2.42. The lowest BCUT2D eigenvalue weighted by Gasteiger charge is -2.26. The number of nitrogens with zero attached hydrogens (tertiary/aromatic N) is 1. The minimum atomic E-state index is -0.955. The summed E-state index contributed by atoms with van der Waals surface area (Å²) in [7, 11) is 0. The van der Waals surface area contributed by atoms with Gasteiger partial charge in [-0.05, 0) is 18.9 Å². The molecule has 0 aromatic heterocycles. The molecule has 0 heterocycles. The number of amides is 1. The number of hydrogen-bond donors (Lipinski definition) is 2. The maximum atomic E-state index is 13.8. The van der Waals surface area contributed by atoms with Crippen LogP contribution in [0.5, 0.6) is 0 Å². The number of rotatable bonds is 4. The first kappa shape index (κ1) is 16.4. The predicted molar refractivity (Wildman–Crippen MR) is 78.0 cm³/mol. The third-order valence-corrected chi connectivity index (χ3v) is 4.02. The van der Waals surface area contributed by atoms with Gasteiger partial charge < -0.3 is 10.4 Å². The van der Waals surface area contributed by atoms with E-state index in [-0.39, 0.29) is 12.1 Å². The summed E-state index contributed by atoms with van der Waals surface area (Å²) >= 11 is 0. The van der Waals surface area contributed by atoms with Crippen LogP contribution in [0, 0.1) is 15.9 Å². The first-order chi connectivity index (χ1) is 10.4. The summed E-state index contributed by atoms with van der Waals surface area (Å²) in [5.41, 5.74) is -1.62. The van der Waals surface area contributed by atoms with Gasteiger partial charge in [-0.15, -0.1) is 0 Å². The Morgan fingerprint density at radius 3 is 2.50 bits per heavy atom. The Kier molecular flexibility index (Phi) is 5.07. The summed E-state index contributed by atoms with van der Waals surface area (Å²) in [6.45, 7) is 0.0578. The Labute approximate surface area is 127 Å². The summed E-state index contributed by atoms with van der Waals surface area (Å²) in [6.07, 6.45) is 5.14. The quantitative estimate of drug-likeness (QED) is 0.508.